The van der Waals surface area contributed by atoms with Crippen molar-refractivity contribution in [2.24, 2.45) is 0 Å². The Morgan fingerprint density at radius 2 is 1.62 bits per heavy atom. The molecular formula is C23H26N4O4S. The Labute approximate surface area is 187 Å². The SMILES string of the molecule is CCCCn1c(=O)c2nn(S(=O)Oc3ccc4ccccc4c3)cc2n(CCCC)c1=O. The third kappa shape index (κ3) is 4.25. The van der Waals surface area contributed by atoms with Gasteiger partial charge in [0.1, 0.15) is 5.75 Å². The molecule has 1 unspecified atom stereocenters. The molecule has 4 rings (SSSR count). The molecule has 0 amide bonds. The topological polar surface area (TPSA) is 88.1 Å². The molecule has 0 fully saturated rings. The van der Waals surface area contributed by atoms with Crippen LogP contribution in [0.25, 0.3) is 21.8 Å². The first-order valence-electron chi connectivity index (χ1n) is 10.9. The van der Waals surface area contributed by atoms with E-state index in [1.165, 1.54) is 10.8 Å². The van der Waals surface area contributed by atoms with Gasteiger partial charge in [0, 0.05) is 13.1 Å². The van der Waals surface area contributed by atoms with Crippen molar-refractivity contribution in [1.82, 2.24) is 18.3 Å². The van der Waals surface area contributed by atoms with Crippen LogP contribution in [0.4, 0.5) is 0 Å². The van der Waals surface area contributed by atoms with Gasteiger partial charge in [-0.05, 0) is 35.7 Å². The summed E-state index contributed by atoms with van der Waals surface area (Å²) < 4.78 is 22.4. The number of aryl methyl sites for hydroxylation is 1. The summed E-state index contributed by atoms with van der Waals surface area (Å²) in [6.07, 6.45) is 4.70. The van der Waals surface area contributed by atoms with Gasteiger partial charge in [0.15, 0.2) is 5.52 Å². The minimum absolute atomic E-state index is 0.118. The minimum Gasteiger partial charge on any atom is -0.384 e. The number of unbranched alkanes of at least 4 members (excludes halogenated alkanes) is 2. The summed E-state index contributed by atoms with van der Waals surface area (Å²) in [5, 5.41) is 6.25. The highest BCUT2D eigenvalue weighted by molar-refractivity contribution is 7.78. The van der Waals surface area contributed by atoms with Crippen molar-refractivity contribution in [3.05, 3.63) is 69.5 Å². The van der Waals surface area contributed by atoms with Gasteiger partial charge in [0.05, 0.1) is 11.7 Å². The molecule has 0 spiro atoms. The Morgan fingerprint density at radius 1 is 0.938 bits per heavy atom. The lowest BCUT2D eigenvalue weighted by molar-refractivity contribution is 0.532. The third-order valence-corrected chi connectivity index (χ3v) is 6.21. The minimum atomic E-state index is -2.01. The molecule has 0 aliphatic carbocycles. The molecule has 2 aromatic heterocycles. The molecule has 0 aliphatic rings. The number of rotatable bonds is 9. The van der Waals surface area contributed by atoms with Gasteiger partial charge in [0.2, 0.25) is 0 Å². The Kier molecular flexibility index (Phi) is 6.55. The van der Waals surface area contributed by atoms with Crippen LogP contribution in [-0.2, 0) is 24.4 Å². The standard InChI is InChI=1S/C23H26N4O4S/c1-3-5-13-25-20-16-27(24-21(20)22(28)26(23(25)29)14-6-4-2)32(30)31-19-12-11-17-9-7-8-10-18(17)15-19/h7-12,15-16H,3-6,13-14H2,1-2H3. The van der Waals surface area contributed by atoms with Crippen molar-refractivity contribution in [3.8, 4) is 5.75 Å². The van der Waals surface area contributed by atoms with Gasteiger partial charge < -0.3 is 4.18 Å². The van der Waals surface area contributed by atoms with Gasteiger partial charge >= 0.3 is 17.0 Å². The van der Waals surface area contributed by atoms with Crippen LogP contribution in [-0.4, -0.2) is 22.5 Å². The van der Waals surface area contributed by atoms with E-state index in [9.17, 15) is 13.8 Å². The van der Waals surface area contributed by atoms with E-state index in [0.717, 1.165) is 34.1 Å². The van der Waals surface area contributed by atoms with E-state index in [1.807, 2.05) is 44.2 Å². The molecule has 0 bridgehead atoms. The van der Waals surface area contributed by atoms with Gasteiger partial charge in [-0.1, -0.05) is 57.0 Å². The van der Waals surface area contributed by atoms with Crippen LogP contribution < -0.4 is 15.4 Å². The summed E-state index contributed by atoms with van der Waals surface area (Å²) in [6.45, 7) is 4.83. The molecule has 4 aromatic rings. The Bertz CT molecular complexity index is 1400. The van der Waals surface area contributed by atoms with Gasteiger partial charge in [-0.25, -0.2) is 4.79 Å². The van der Waals surface area contributed by atoms with Gasteiger partial charge in [-0.2, -0.15) is 8.30 Å². The molecule has 0 N–H and O–H groups in total. The number of fused-ring (bicyclic) bond motifs is 2. The van der Waals surface area contributed by atoms with Crippen LogP contribution >= 0.6 is 0 Å². The Balaban J connectivity index is 1.73. The summed E-state index contributed by atoms with van der Waals surface area (Å²) in [4.78, 5) is 25.9. The molecule has 9 heteroatoms. The number of aromatic nitrogens is 4. The predicted octanol–water partition coefficient (Wildman–Crippen LogP) is 3.62. The molecule has 0 saturated heterocycles. The van der Waals surface area contributed by atoms with Crippen molar-refractivity contribution >= 4 is 33.1 Å². The highest BCUT2D eigenvalue weighted by atomic mass is 32.2. The smallest absolute Gasteiger partial charge is 0.339 e. The van der Waals surface area contributed by atoms with E-state index in [0.29, 0.717) is 30.8 Å². The zero-order valence-electron chi connectivity index (χ0n) is 18.2. The fraction of sp³-hybridized carbons (Fsp3) is 0.348. The van der Waals surface area contributed by atoms with Crippen LogP contribution in [0, 0.1) is 0 Å². The molecule has 2 heterocycles. The summed E-state index contributed by atoms with van der Waals surface area (Å²) in [7, 11) is 0. The molecule has 0 aliphatic heterocycles. The zero-order valence-corrected chi connectivity index (χ0v) is 19.0. The molecule has 0 saturated carbocycles. The van der Waals surface area contributed by atoms with Crippen LogP contribution in [0.3, 0.4) is 0 Å². The first-order valence-corrected chi connectivity index (χ1v) is 11.9. The lowest BCUT2D eigenvalue weighted by Gasteiger charge is -2.10. The maximum atomic E-state index is 13.0. The highest BCUT2D eigenvalue weighted by Crippen LogP contribution is 2.21. The number of hydrogen-bond donors (Lipinski definition) is 0. The van der Waals surface area contributed by atoms with Crippen molar-refractivity contribution in [2.45, 2.75) is 52.6 Å². The zero-order chi connectivity index (χ0) is 22.7. The van der Waals surface area contributed by atoms with Crippen LogP contribution in [0.15, 0.2) is 58.3 Å². The average Bonchev–Trinajstić information content (AvgIpc) is 3.25. The summed E-state index contributed by atoms with van der Waals surface area (Å²) in [5.41, 5.74) is -0.332. The molecular weight excluding hydrogens is 428 g/mol. The normalized spacial score (nSPS) is 12.4. The molecule has 168 valence electrons. The maximum absolute atomic E-state index is 13.0. The molecule has 1 atom stereocenters. The summed E-state index contributed by atoms with van der Waals surface area (Å²) in [5.74, 6) is 0.422. The Morgan fingerprint density at radius 3 is 2.34 bits per heavy atom. The van der Waals surface area contributed by atoms with Crippen LogP contribution in [0.5, 0.6) is 5.75 Å². The third-order valence-electron chi connectivity index (χ3n) is 5.39. The van der Waals surface area contributed by atoms with E-state index in [2.05, 4.69) is 5.10 Å². The van der Waals surface area contributed by atoms with Gasteiger partial charge in [-0.15, -0.1) is 5.10 Å². The highest BCUT2D eigenvalue weighted by Gasteiger charge is 2.19. The molecule has 0 radical (unpaired) electrons. The van der Waals surface area contributed by atoms with E-state index < -0.39 is 16.8 Å². The average molecular weight is 455 g/mol. The van der Waals surface area contributed by atoms with E-state index >= 15 is 0 Å². The molecule has 32 heavy (non-hydrogen) atoms. The first kappa shape index (κ1) is 22.0. The summed E-state index contributed by atoms with van der Waals surface area (Å²) >= 11 is -2.01. The second-order valence-corrected chi connectivity index (χ2v) is 8.65. The maximum Gasteiger partial charge on any atom is 0.339 e. The predicted molar refractivity (Wildman–Crippen MR) is 126 cm³/mol. The second kappa shape index (κ2) is 9.52. The largest absolute Gasteiger partial charge is 0.384 e. The number of hydrogen-bond acceptors (Lipinski definition) is 5. The van der Waals surface area contributed by atoms with E-state index in [1.54, 1.807) is 16.7 Å². The second-order valence-electron chi connectivity index (χ2n) is 7.67. The van der Waals surface area contributed by atoms with Crippen molar-refractivity contribution in [2.75, 3.05) is 0 Å². The fourth-order valence-electron chi connectivity index (χ4n) is 3.62. The lowest BCUT2D eigenvalue weighted by atomic mass is 10.1. The van der Waals surface area contributed by atoms with E-state index in [-0.39, 0.29) is 11.2 Å². The first-order chi connectivity index (χ1) is 15.5. The number of nitrogens with zero attached hydrogens (tertiary/aromatic N) is 4. The van der Waals surface area contributed by atoms with Crippen molar-refractivity contribution in [3.63, 3.8) is 0 Å². The van der Waals surface area contributed by atoms with Crippen LogP contribution in [0.2, 0.25) is 0 Å². The van der Waals surface area contributed by atoms with Gasteiger partial charge in [-0.3, -0.25) is 13.9 Å². The monoisotopic (exact) mass is 454 g/mol. The molecule has 8 nitrogen and oxygen atoms in total. The van der Waals surface area contributed by atoms with Crippen molar-refractivity contribution in [1.29, 1.82) is 0 Å². The van der Waals surface area contributed by atoms with Crippen LogP contribution in [0.1, 0.15) is 39.5 Å². The Hall–Kier alpha value is -3.20. The fourth-order valence-corrected chi connectivity index (χ4v) is 4.30. The lowest BCUT2D eigenvalue weighted by Crippen LogP contribution is -2.40. The van der Waals surface area contributed by atoms with Crippen molar-refractivity contribution < 1.29 is 8.39 Å². The summed E-state index contributed by atoms with van der Waals surface area (Å²) in [6, 6.07) is 13.2. The van der Waals surface area contributed by atoms with Gasteiger partial charge in [0.25, 0.3) is 5.56 Å². The van der Waals surface area contributed by atoms with E-state index in [4.69, 9.17) is 4.18 Å². The molecule has 2 aromatic carbocycles. The number of benzene rings is 2. The quantitative estimate of drug-likeness (QED) is 0.385.